The summed E-state index contributed by atoms with van der Waals surface area (Å²) in [5.41, 5.74) is 1.45. The molecule has 0 radical (unpaired) electrons. The minimum Gasteiger partial charge on any atom is -0.497 e. The van der Waals surface area contributed by atoms with Crippen molar-refractivity contribution in [2.75, 3.05) is 20.3 Å². The zero-order chi connectivity index (χ0) is 24.4. The molecule has 3 heterocycles. The van der Waals surface area contributed by atoms with E-state index >= 15 is 0 Å². The number of pyridine rings is 1. The molecule has 9 nitrogen and oxygen atoms in total. The molecular formula is C26H36N6O3. The van der Waals surface area contributed by atoms with Gasteiger partial charge < -0.3 is 14.5 Å². The Hall–Kier alpha value is -2.78. The molecule has 0 bridgehead atoms. The topological polar surface area (TPSA) is 98.2 Å². The summed E-state index contributed by atoms with van der Waals surface area (Å²) in [6, 6.07) is 8.00. The molecule has 188 valence electrons. The number of aromatic amines is 1. The molecule has 0 spiro atoms. The fraction of sp³-hybridized carbons (Fsp3) is 0.615. The van der Waals surface area contributed by atoms with Crippen LogP contribution < -0.4 is 10.3 Å². The Kier molecular flexibility index (Phi) is 7.15. The zero-order valence-electron chi connectivity index (χ0n) is 20.9. The van der Waals surface area contributed by atoms with E-state index in [0.717, 1.165) is 61.3 Å². The fourth-order valence-electron chi connectivity index (χ4n) is 5.71. The van der Waals surface area contributed by atoms with E-state index in [1.807, 2.05) is 24.3 Å². The molecule has 2 aromatic heterocycles. The number of nitrogens with zero attached hydrogens (tertiary/aromatic N) is 5. The largest absolute Gasteiger partial charge is 0.497 e. The third-order valence-electron chi connectivity index (χ3n) is 7.44. The second-order valence-corrected chi connectivity index (χ2v) is 10.3. The lowest BCUT2D eigenvalue weighted by Gasteiger charge is -2.35. The molecule has 1 aromatic carbocycles. The van der Waals surface area contributed by atoms with Gasteiger partial charge in [0.15, 0.2) is 5.82 Å². The van der Waals surface area contributed by atoms with Crippen molar-refractivity contribution in [1.82, 2.24) is 30.1 Å². The van der Waals surface area contributed by atoms with Crippen molar-refractivity contribution < 1.29 is 9.47 Å². The van der Waals surface area contributed by atoms with Crippen molar-refractivity contribution in [3.63, 3.8) is 0 Å². The molecule has 0 amide bonds. The third-order valence-corrected chi connectivity index (χ3v) is 7.44. The van der Waals surface area contributed by atoms with Crippen LogP contribution in [0.4, 0.5) is 0 Å². The number of H-pyrrole nitrogens is 1. The standard InChI is InChI=1S/C26H36N6O3/c1-17(2)24(25-28-29-30-32(25)20-7-4-5-8-20)31(16-22-9-6-12-35-22)15-19-13-18-14-21(34-3)10-11-23(18)27-26(19)33/h10-11,13-14,17,20,22,24H,4-9,12,15-16H2,1-3H3,(H,27,33)/t22-,24+/m0/s1. The Balaban J connectivity index is 1.52. The lowest BCUT2D eigenvalue weighted by molar-refractivity contribution is 0.0379. The molecule has 1 aliphatic carbocycles. The Morgan fingerprint density at radius 2 is 2.03 bits per heavy atom. The number of hydrogen-bond donors (Lipinski definition) is 1. The first kappa shape index (κ1) is 23.9. The van der Waals surface area contributed by atoms with Crippen LogP contribution in [0.2, 0.25) is 0 Å². The van der Waals surface area contributed by atoms with Gasteiger partial charge in [0, 0.05) is 36.2 Å². The fourth-order valence-corrected chi connectivity index (χ4v) is 5.71. The maximum Gasteiger partial charge on any atom is 0.252 e. The van der Waals surface area contributed by atoms with E-state index in [2.05, 4.69) is 43.9 Å². The maximum absolute atomic E-state index is 13.1. The summed E-state index contributed by atoms with van der Waals surface area (Å²) in [4.78, 5) is 18.5. The first-order valence-electron chi connectivity index (χ1n) is 12.9. The highest BCUT2D eigenvalue weighted by molar-refractivity contribution is 5.80. The van der Waals surface area contributed by atoms with Crippen LogP contribution in [0.15, 0.2) is 29.1 Å². The normalized spacial score (nSPS) is 19.9. The lowest BCUT2D eigenvalue weighted by atomic mass is 9.99. The van der Waals surface area contributed by atoms with Crippen molar-refractivity contribution in [2.24, 2.45) is 5.92 Å². The molecule has 2 aliphatic rings. The van der Waals surface area contributed by atoms with Crippen molar-refractivity contribution in [1.29, 1.82) is 0 Å². The average Bonchev–Trinajstić information content (AvgIpc) is 3.62. The van der Waals surface area contributed by atoms with Gasteiger partial charge in [-0.05, 0) is 66.3 Å². The first-order valence-corrected chi connectivity index (χ1v) is 12.9. The summed E-state index contributed by atoms with van der Waals surface area (Å²) in [6.45, 7) is 6.42. The zero-order valence-corrected chi connectivity index (χ0v) is 20.9. The number of methoxy groups -OCH3 is 1. The average molecular weight is 481 g/mol. The van der Waals surface area contributed by atoms with Crippen LogP contribution in [0.25, 0.3) is 10.9 Å². The number of hydrogen-bond acceptors (Lipinski definition) is 7. The van der Waals surface area contributed by atoms with Gasteiger partial charge in [-0.15, -0.1) is 5.10 Å². The highest BCUT2D eigenvalue weighted by atomic mass is 16.5. The van der Waals surface area contributed by atoms with E-state index in [-0.39, 0.29) is 23.6 Å². The quantitative estimate of drug-likeness (QED) is 0.494. The summed E-state index contributed by atoms with van der Waals surface area (Å²) in [6.07, 6.45) is 6.90. The molecule has 1 saturated carbocycles. The predicted octanol–water partition coefficient (Wildman–Crippen LogP) is 4.02. The summed E-state index contributed by atoms with van der Waals surface area (Å²) in [5, 5.41) is 14.0. The van der Waals surface area contributed by atoms with Gasteiger partial charge in [-0.1, -0.05) is 26.7 Å². The number of fused-ring (bicyclic) bond motifs is 1. The summed E-state index contributed by atoms with van der Waals surface area (Å²) in [5.74, 6) is 1.91. The number of tetrazole rings is 1. The van der Waals surface area contributed by atoms with Crippen LogP contribution in [-0.2, 0) is 11.3 Å². The number of ether oxygens (including phenoxy) is 2. The number of benzene rings is 1. The molecule has 1 aliphatic heterocycles. The number of rotatable bonds is 9. The van der Waals surface area contributed by atoms with Gasteiger partial charge in [-0.3, -0.25) is 9.69 Å². The van der Waals surface area contributed by atoms with Gasteiger partial charge in [0.25, 0.3) is 5.56 Å². The van der Waals surface area contributed by atoms with Crippen molar-refractivity contribution in [3.8, 4) is 5.75 Å². The van der Waals surface area contributed by atoms with Gasteiger partial charge in [-0.2, -0.15) is 0 Å². The second-order valence-electron chi connectivity index (χ2n) is 10.3. The van der Waals surface area contributed by atoms with Crippen molar-refractivity contribution in [3.05, 3.63) is 46.0 Å². The summed E-state index contributed by atoms with van der Waals surface area (Å²) in [7, 11) is 1.65. The lowest BCUT2D eigenvalue weighted by Crippen LogP contribution is -2.40. The minimum atomic E-state index is -0.0714. The number of aromatic nitrogens is 5. The van der Waals surface area contributed by atoms with E-state index in [1.165, 1.54) is 12.8 Å². The van der Waals surface area contributed by atoms with E-state index < -0.39 is 0 Å². The van der Waals surface area contributed by atoms with Crippen LogP contribution >= 0.6 is 0 Å². The summed E-state index contributed by atoms with van der Waals surface area (Å²) >= 11 is 0. The van der Waals surface area contributed by atoms with Crippen molar-refractivity contribution >= 4 is 10.9 Å². The Morgan fingerprint density at radius 1 is 1.20 bits per heavy atom. The predicted molar refractivity (Wildman–Crippen MR) is 133 cm³/mol. The van der Waals surface area contributed by atoms with Gasteiger partial charge in [0.2, 0.25) is 0 Å². The maximum atomic E-state index is 13.1. The number of nitrogens with one attached hydrogen (secondary N) is 1. The summed E-state index contributed by atoms with van der Waals surface area (Å²) < 4.78 is 13.5. The van der Waals surface area contributed by atoms with Crippen LogP contribution in [0.1, 0.15) is 75.8 Å². The molecule has 2 fully saturated rings. The molecular weight excluding hydrogens is 444 g/mol. The first-order chi connectivity index (χ1) is 17.0. The Labute approximate surface area is 205 Å². The van der Waals surface area contributed by atoms with Crippen LogP contribution in [-0.4, -0.2) is 56.5 Å². The highest BCUT2D eigenvalue weighted by Gasteiger charge is 2.34. The molecule has 3 aromatic rings. The van der Waals surface area contributed by atoms with E-state index in [4.69, 9.17) is 9.47 Å². The van der Waals surface area contributed by atoms with E-state index in [0.29, 0.717) is 18.2 Å². The molecule has 1 N–H and O–H groups in total. The molecule has 2 atom stereocenters. The van der Waals surface area contributed by atoms with Crippen LogP contribution in [0.3, 0.4) is 0 Å². The molecule has 1 saturated heterocycles. The van der Waals surface area contributed by atoms with Gasteiger partial charge in [0.05, 0.1) is 25.3 Å². The van der Waals surface area contributed by atoms with Gasteiger partial charge in [0.1, 0.15) is 5.75 Å². The van der Waals surface area contributed by atoms with Gasteiger partial charge >= 0.3 is 0 Å². The Morgan fingerprint density at radius 3 is 2.74 bits per heavy atom. The third kappa shape index (κ3) is 5.11. The second kappa shape index (κ2) is 10.5. The van der Waals surface area contributed by atoms with Crippen molar-refractivity contribution in [2.45, 2.75) is 77.1 Å². The van der Waals surface area contributed by atoms with Crippen LogP contribution in [0, 0.1) is 5.92 Å². The molecule has 35 heavy (non-hydrogen) atoms. The smallest absolute Gasteiger partial charge is 0.252 e. The SMILES string of the molecule is COc1ccc2[nH]c(=O)c(CN(C[C@@H]3CCCO3)[C@@H](c3nnnn3C3CCCC3)C(C)C)cc2c1. The van der Waals surface area contributed by atoms with Crippen LogP contribution in [0.5, 0.6) is 5.75 Å². The molecule has 0 unspecified atom stereocenters. The molecule has 5 rings (SSSR count). The van der Waals surface area contributed by atoms with E-state index in [9.17, 15) is 4.79 Å². The minimum absolute atomic E-state index is 0.0322. The Bertz CT molecular complexity index is 1190. The van der Waals surface area contributed by atoms with Gasteiger partial charge in [-0.25, -0.2) is 4.68 Å². The highest BCUT2D eigenvalue weighted by Crippen LogP contribution is 2.35. The monoisotopic (exact) mass is 480 g/mol. The van der Waals surface area contributed by atoms with E-state index in [1.54, 1.807) is 7.11 Å². The molecule has 9 heteroatoms.